The number of hydrogen-bond acceptors (Lipinski definition) is 7. The molecule has 1 saturated heterocycles. The van der Waals surface area contributed by atoms with Crippen molar-refractivity contribution in [2.45, 2.75) is 45.3 Å². The minimum Gasteiger partial charge on any atom is -0.390 e. The van der Waals surface area contributed by atoms with Crippen LogP contribution in [-0.4, -0.2) is 49.9 Å². The largest absolute Gasteiger partial charge is 0.390 e. The minimum atomic E-state index is -1.33. The van der Waals surface area contributed by atoms with Crippen molar-refractivity contribution in [1.29, 1.82) is 0 Å². The molecule has 0 saturated carbocycles. The number of aromatic nitrogens is 4. The summed E-state index contributed by atoms with van der Waals surface area (Å²) in [7, 11) is 1.44. The molecule has 3 atom stereocenters. The molecular formula is C15H21N5O5. The van der Waals surface area contributed by atoms with Crippen molar-refractivity contribution in [3.63, 3.8) is 0 Å². The SMILES string of the molecule is COC1(n2cnc3c(=O)[nH]c(NC(=O)C(C)C)nc32)CC(O)C(C)O1. The van der Waals surface area contributed by atoms with Gasteiger partial charge < -0.3 is 14.6 Å². The summed E-state index contributed by atoms with van der Waals surface area (Å²) in [5.74, 6) is -1.87. The van der Waals surface area contributed by atoms with Crippen LogP contribution in [0.25, 0.3) is 11.2 Å². The van der Waals surface area contributed by atoms with Crippen LogP contribution in [-0.2, 0) is 20.2 Å². The summed E-state index contributed by atoms with van der Waals surface area (Å²) in [4.78, 5) is 34.9. The summed E-state index contributed by atoms with van der Waals surface area (Å²) in [6, 6.07) is 0. The molecule has 136 valence electrons. The molecule has 10 nitrogen and oxygen atoms in total. The van der Waals surface area contributed by atoms with Crippen LogP contribution in [0.15, 0.2) is 11.1 Å². The summed E-state index contributed by atoms with van der Waals surface area (Å²) in [5.41, 5.74) is -0.233. The van der Waals surface area contributed by atoms with E-state index in [9.17, 15) is 14.7 Å². The summed E-state index contributed by atoms with van der Waals surface area (Å²) in [6.45, 7) is 5.18. The van der Waals surface area contributed by atoms with E-state index < -0.39 is 23.7 Å². The number of nitrogens with one attached hydrogen (secondary N) is 2. The van der Waals surface area contributed by atoms with Crippen molar-refractivity contribution in [2.24, 2.45) is 5.92 Å². The first-order valence-corrected chi connectivity index (χ1v) is 7.97. The van der Waals surface area contributed by atoms with Gasteiger partial charge in [0.15, 0.2) is 11.2 Å². The lowest BCUT2D eigenvalue weighted by Gasteiger charge is -2.28. The van der Waals surface area contributed by atoms with E-state index >= 15 is 0 Å². The Kier molecular flexibility index (Phi) is 4.35. The second-order valence-corrected chi connectivity index (χ2v) is 6.36. The lowest BCUT2D eigenvalue weighted by Crippen LogP contribution is -2.35. The van der Waals surface area contributed by atoms with Crippen molar-refractivity contribution >= 4 is 23.0 Å². The first kappa shape index (κ1) is 17.5. The summed E-state index contributed by atoms with van der Waals surface area (Å²) in [6.07, 6.45) is 0.326. The molecule has 25 heavy (non-hydrogen) atoms. The molecule has 2 aromatic heterocycles. The highest BCUT2D eigenvalue weighted by Crippen LogP contribution is 2.37. The number of methoxy groups -OCH3 is 1. The van der Waals surface area contributed by atoms with Gasteiger partial charge in [0.2, 0.25) is 11.9 Å². The lowest BCUT2D eigenvalue weighted by atomic mass is 10.2. The Morgan fingerprint density at radius 2 is 2.32 bits per heavy atom. The smallest absolute Gasteiger partial charge is 0.280 e. The van der Waals surface area contributed by atoms with Crippen LogP contribution >= 0.6 is 0 Å². The monoisotopic (exact) mass is 351 g/mol. The van der Waals surface area contributed by atoms with Gasteiger partial charge in [-0.3, -0.25) is 24.5 Å². The van der Waals surface area contributed by atoms with Crippen LogP contribution in [0.2, 0.25) is 0 Å². The average molecular weight is 351 g/mol. The fourth-order valence-corrected chi connectivity index (χ4v) is 2.71. The van der Waals surface area contributed by atoms with Gasteiger partial charge in [-0.15, -0.1) is 0 Å². The third-order valence-electron chi connectivity index (χ3n) is 4.24. The van der Waals surface area contributed by atoms with E-state index in [1.54, 1.807) is 20.8 Å². The molecule has 1 aliphatic rings. The molecule has 0 aliphatic carbocycles. The highest BCUT2D eigenvalue weighted by molar-refractivity contribution is 5.91. The van der Waals surface area contributed by atoms with Crippen molar-refractivity contribution in [1.82, 2.24) is 19.5 Å². The Labute approximate surface area is 143 Å². The van der Waals surface area contributed by atoms with Gasteiger partial charge in [0.05, 0.1) is 18.6 Å². The van der Waals surface area contributed by atoms with Gasteiger partial charge in [-0.2, -0.15) is 4.98 Å². The average Bonchev–Trinajstić information content (AvgIpc) is 3.10. The Balaban J connectivity index is 2.09. The Morgan fingerprint density at radius 1 is 1.60 bits per heavy atom. The molecule has 3 heterocycles. The van der Waals surface area contributed by atoms with Gasteiger partial charge in [-0.1, -0.05) is 13.8 Å². The van der Waals surface area contributed by atoms with Gasteiger partial charge in [-0.25, -0.2) is 4.98 Å². The maximum atomic E-state index is 12.2. The number of aliphatic hydroxyl groups excluding tert-OH is 1. The first-order valence-electron chi connectivity index (χ1n) is 7.97. The van der Waals surface area contributed by atoms with Gasteiger partial charge in [0, 0.05) is 13.0 Å². The number of aromatic amines is 1. The highest BCUT2D eigenvalue weighted by atomic mass is 16.7. The van der Waals surface area contributed by atoms with Gasteiger partial charge in [0.25, 0.3) is 11.5 Å². The lowest BCUT2D eigenvalue weighted by molar-refractivity contribution is -0.265. The number of imidazole rings is 1. The zero-order valence-electron chi connectivity index (χ0n) is 14.4. The van der Waals surface area contributed by atoms with Crippen molar-refractivity contribution in [3.05, 3.63) is 16.7 Å². The second kappa shape index (κ2) is 6.21. The number of nitrogens with zero attached hydrogens (tertiary/aromatic N) is 3. The number of carbonyl (C=O) groups excluding carboxylic acids is 1. The molecule has 10 heteroatoms. The number of H-pyrrole nitrogens is 1. The molecule has 2 aromatic rings. The number of fused-ring (bicyclic) bond motifs is 1. The second-order valence-electron chi connectivity index (χ2n) is 6.36. The number of amides is 1. The molecule has 1 aliphatic heterocycles. The van der Waals surface area contributed by atoms with E-state index in [0.29, 0.717) is 0 Å². The van der Waals surface area contributed by atoms with Crippen molar-refractivity contribution in [2.75, 3.05) is 12.4 Å². The quantitative estimate of drug-likeness (QED) is 0.714. The normalized spacial score (nSPS) is 26.5. The molecule has 0 spiro atoms. The number of aliphatic hydroxyl groups is 1. The summed E-state index contributed by atoms with van der Waals surface area (Å²) in [5, 5.41) is 12.6. The number of rotatable bonds is 4. The number of ether oxygens (including phenoxy) is 2. The molecular weight excluding hydrogens is 330 g/mol. The fourth-order valence-electron chi connectivity index (χ4n) is 2.71. The number of hydrogen-bond donors (Lipinski definition) is 3. The zero-order valence-corrected chi connectivity index (χ0v) is 14.4. The Morgan fingerprint density at radius 3 is 2.88 bits per heavy atom. The van der Waals surface area contributed by atoms with Crippen molar-refractivity contribution in [3.8, 4) is 0 Å². The van der Waals surface area contributed by atoms with Gasteiger partial charge >= 0.3 is 0 Å². The first-order chi connectivity index (χ1) is 11.8. The Bertz CT molecular complexity index is 848. The standard InChI is InChI=1S/C15H21N5O5/c1-7(2)12(22)18-14-17-11-10(13(23)19-14)16-6-20(11)15(24-4)5-9(21)8(3)25-15/h6-9,21H,5H2,1-4H3,(H2,17,18,19,22,23). The molecule has 0 aromatic carbocycles. The third-order valence-corrected chi connectivity index (χ3v) is 4.24. The molecule has 1 amide bonds. The maximum Gasteiger partial charge on any atom is 0.280 e. The van der Waals surface area contributed by atoms with E-state index in [4.69, 9.17) is 9.47 Å². The van der Waals surface area contributed by atoms with Crippen LogP contribution in [0.1, 0.15) is 27.2 Å². The zero-order chi connectivity index (χ0) is 18.4. The van der Waals surface area contributed by atoms with E-state index in [0.717, 1.165) is 0 Å². The molecule has 3 unspecified atom stereocenters. The predicted octanol–water partition coefficient (Wildman–Crippen LogP) is 0.140. The summed E-state index contributed by atoms with van der Waals surface area (Å²) >= 11 is 0. The Hall–Kier alpha value is -2.30. The molecule has 0 radical (unpaired) electrons. The highest BCUT2D eigenvalue weighted by Gasteiger charge is 2.47. The van der Waals surface area contributed by atoms with Gasteiger partial charge in [-0.05, 0) is 6.92 Å². The van der Waals surface area contributed by atoms with Crippen LogP contribution in [0, 0.1) is 5.92 Å². The summed E-state index contributed by atoms with van der Waals surface area (Å²) < 4.78 is 12.7. The van der Waals surface area contributed by atoms with Crippen LogP contribution in [0.3, 0.4) is 0 Å². The van der Waals surface area contributed by atoms with E-state index in [1.165, 1.54) is 18.0 Å². The van der Waals surface area contributed by atoms with E-state index in [1.807, 2.05) is 0 Å². The topological polar surface area (TPSA) is 131 Å². The van der Waals surface area contributed by atoms with Crippen LogP contribution < -0.4 is 10.9 Å². The number of anilines is 1. The fraction of sp³-hybridized carbons (Fsp3) is 0.600. The van der Waals surface area contributed by atoms with Gasteiger partial charge in [0.1, 0.15) is 6.33 Å². The molecule has 0 bridgehead atoms. The molecule has 3 N–H and O–H groups in total. The maximum absolute atomic E-state index is 12.2. The van der Waals surface area contributed by atoms with E-state index in [-0.39, 0.29) is 35.4 Å². The van der Waals surface area contributed by atoms with E-state index in [2.05, 4.69) is 20.3 Å². The molecule has 3 rings (SSSR count). The third kappa shape index (κ3) is 2.92. The van der Waals surface area contributed by atoms with Crippen molar-refractivity contribution < 1.29 is 19.4 Å². The minimum absolute atomic E-state index is 0.01000. The predicted molar refractivity (Wildman–Crippen MR) is 87.8 cm³/mol. The van der Waals surface area contributed by atoms with Crippen LogP contribution in [0.5, 0.6) is 0 Å². The number of carbonyl (C=O) groups is 1. The molecule has 1 fully saturated rings. The van der Waals surface area contributed by atoms with Crippen LogP contribution in [0.4, 0.5) is 5.95 Å².